The Morgan fingerprint density at radius 1 is 1.19 bits per heavy atom. The SMILES string of the molecule is CCn1c(CO)nc(Sc2cc(C)cc(C)c2)c1C(C)C. The molecular weight excluding hydrogens is 280 g/mol. The van der Waals surface area contributed by atoms with E-state index in [0.29, 0.717) is 5.92 Å². The van der Waals surface area contributed by atoms with Gasteiger partial charge in [-0.25, -0.2) is 4.98 Å². The van der Waals surface area contributed by atoms with Gasteiger partial charge in [0, 0.05) is 11.4 Å². The van der Waals surface area contributed by atoms with Crippen molar-refractivity contribution in [2.75, 3.05) is 0 Å². The maximum Gasteiger partial charge on any atom is 0.136 e. The van der Waals surface area contributed by atoms with Crippen LogP contribution in [0.3, 0.4) is 0 Å². The molecule has 1 aromatic carbocycles. The summed E-state index contributed by atoms with van der Waals surface area (Å²) in [4.78, 5) is 5.86. The van der Waals surface area contributed by atoms with Gasteiger partial charge in [0.15, 0.2) is 0 Å². The zero-order valence-corrected chi connectivity index (χ0v) is 14.3. The highest BCUT2D eigenvalue weighted by molar-refractivity contribution is 7.99. The van der Waals surface area contributed by atoms with Crippen molar-refractivity contribution in [2.24, 2.45) is 0 Å². The quantitative estimate of drug-likeness (QED) is 0.895. The number of rotatable bonds is 5. The molecule has 2 rings (SSSR count). The molecule has 0 spiro atoms. The van der Waals surface area contributed by atoms with Crippen molar-refractivity contribution < 1.29 is 5.11 Å². The van der Waals surface area contributed by atoms with Gasteiger partial charge in [-0.1, -0.05) is 31.7 Å². The molecule has 0 radical (unpaired) electrons. The summed E-state index contributed by atoms with van der Waals surface area (Å²) >= 11 is 1.69. The zero-order chi connectivity index (χ0) is 15.6. The number of aliphatic hydroxyl groups is 1. The normalized spacial score (nSPS) is 11.4. The van der Waals surface area contributed by atoms with Crippen LogP contribution in [0.15, 0.2) is 28.1 Å². The Kier molecular flexibility index (Phi) is 5.12. The van der Waals surface area contributed by atoms with E-state index in [2.05, 4.69) is 62.4 Å². The van der Waals surface area contributed by atoms with E-state index in [4.69, 9.17) is 0 Å². The molecule has 0 saturated heterocycles. The van der Waals surface area contributed by atoms with Crippen molar-refractivity contribution in [3.05, 3.63) is 40.8 Å². The molecule has 0 aliphatic rings. The molecule has 0 atom stereocenters. The summed E-state index contributed by atoms with van der Waals surface area (Å²) in [5, 5.41) is 10.5. The summed E-state index contributed by atoms with van der Waals surface area (Å²) in [6.07, 6.45) is 0. The summed E-state index contributed by atoms with van der Waals surface area (Å²) in [5.74, 6) is 1.14. The number of aromatic nitrogens is 2. The van der Waals surface area contributed by atoms with Crippen LogP contribution in [-0.4, -0.2) is 14.7 Å². The van der Waals surface area contributed by atoms with E-state index < -0.39 is 0 Å². The van der Waals surface area contributed by atoms with Crippen LogP contribution in [0.1, 0.15) is 49.3 Å². The van der Waals surface area contributed by atoms with Gasteiger partial charge in [-0.2, -0.15) is 0 Å². The Morgan fingerprint density at radius 3 is 2.29 bits per heavy atom. The number of benzene rings is 1. The van der Waals surface area contributed by atoms with Gasteiger partial charge in [0.25, 0.3) is 0 Å². The molecule has 0 aliphatic heterocycles. The summed E-state index contributed by atoms with van der Waals surface area (Å²) in [6.45, 7) is 11.5. The van der Waals surface area contributed by atoms with E-state index in [1.54, 1.807) is 11.8 Å². The molecule has 1 heterocycles. The van der Waals surface area contributed by atoms with Crippen molar-refractivity contribution in [1.82, 2.24) is 9.55 Å². The predicted molar refractivity (Wildman–Crippen MR) is 88.0 cm³/mol. The van der Waals surface area contributed by atoms with E-state index in [9.17, 15) is 5.11 Å². The first-order chi connectivity index (χ1) is 9.96. The Hall–Kier alpha value is -1.26. The summed E-state index contributed by atoms with van der Waals surface area (Å²) in [5.41, 5.74) is 3.74. The van der Waals surface area contributed by atoms with E-state index >= 15 is 0 Å². The van der Waals surface area contributed by atoms with Gasteiger partial charge in [-0.3, -0.25) is 0 Å². The highest BCUT2D eigenvalue weighted by Crippen LogP contribution is 2.35. The molecule has 21 heavy (non-hydrogen) atoms. The van der Waals surface area contributed by atoms with Gasteiger partial charge in [0.2, 0.25) is 0 Å². The van der Waals surface area contributed by atoms with Crippen LogP contribution in [0.5, 0.6) is 0 Å². The lowest BCUT2D eigenvalue weighted by Crippen LogP contribution is -2.07. The number of aryl methyl sites for hydroxylation is 2. The Bertz CT molecular complexity index is 612. The fraction of sp³-hybridized carbons (Fsp3) is 0.471. The van der Waals surface area contributed by atoms with Crippen molar-refractivity contribution in [3.8, 4) is 0 Å². The molecular formula is C17H24N2OS. The second-order valence-electron chi connectivity index (χ2n) is 5.70. The van der Waals surface area contributed by atoms with Gasteiger partial charge < -0.3 is 9.67 Å². The Labute approximate surface area is 131 Å². The molecule has 0 bridgehead atoms. The maximum absolute atomic E-state index is 9.53. The highest BCUT2D eigenvalue weighted by atomic mass is 32.2. The molecule has 4 heteroatoms. The minimum absolute atomic E-state index is 0.0129. The van der Waals surface area contributed by atoms with Gasteiger partial charge in [-0.15, -0.1) is 0 Å². The fourth-order valence-corrected chi connectivity index (χ4v) is 4.01. The first kappa shape index (κ1) is 16.1. The minimum Gasteiger partial charge on any atom is -0.388 e. The first-order valence-corrected chi connectivity index (χ1v) is 8.24. The molecule has 0 saturated carbocycles. The lowest BCUT2D eigenvalue weighted by Gasteiger charge is -2.12. The zero-order valence-electron chi connectivity index (χ0n) is 13.5. The van der Waals surface area contributed by atoms with E-state index in [1.165, 1.54) is 21.7 Å². The van der Waals surface area contributed by atoms with Crippen LogP contribution in [0.2, 0.25) is 0 Å². The lowest BCUT2D eigenvalue weighted by atomic mass is 10.1. The maximum atomic E-state index is 9.53. The summed E-state index contributed by atoms with van der Waals surface area (Å²) in [6, 6.07) is 6.55. The number of nitrogens with zero attached hydrogens (tertiary/aromatic N) is 2. The van der Waals surface area contributed by atoms with Crippen LogP contribution in [0.25, 0.3) is 0 Å². The molecule has 0 fully saturated rings. The van der Waals surface area contributed by atoms with Crippen LogP contribution in [0.4, 0.5) is 0 Å². The minimum atomic E-state index is -0.0129. The van der Waals surface area contributed by atoms with Gasteiger partial charge in [0.05, 0.1) is 5.69 Å². The van der Waals surface area contributed by atoms with Gasteiger partial charge >= 0.3 is 0 Å². The van der Waals surface area contributed by atoms with Crippen molar-refractivity contribution in [1.29, 1.82) is 0 Å². The molecule has 0 amide bonds. The smallest absolute Gasteiger partial charge is 0.136 e. The molecule has 1 aromatic heterocycles. The monoisotopic (exact) mass is 304 g/mol. The standard InChI is InChI=1S/C17H24N2OS/c1-6-19-15(10-20)18-17(16(19)11(2)3)21-14-8-12(4)7-13(5)9-14/h7-9,11,20H,6,10H2,1-5H3. The second-order valence-corrected chi connectivity index (χ2v) is 6.76. The largest absolute Gasteiger partial charge is 0.388 e. The molecule has 1 N–H and O–H groups in total. The number of aliphatic hydroxyl groups excluding tert-OH is 1. The average molecular weight is 304 g/mol. The molecule has 2 aromatic rings. The summed E-state index contributed by atoms with van der Waals surface area (Å²) < 4.78 is 2.13. The van der Waals surface area contributed by atoms with E-state index in [1.807, 2.05) is 0 Å². The highest BCUT2D eigenvalue weighted by Gasteiger charge is 2.19. The third-order valence-corrected chi connectivity index (χ3v) is 4.43. The lowest BCUT2D eigenvalue weighted by molar-refractivity contribution is 0.264. The number of hydrogen-bond acceptors (Lipinski definition) is 3. The predicted octanol–water partition coefficient (Wildman–Crippen LogP) is 4.29. The van der Waals surface area contributed by atoms with E-state index in [0.717, 1.165) is 17.4 Å². The Morgan fingerprint density at radius 2 is 1.81 bits per heavy atom. The van der Waals surface area contributed by atoms with Crippen LogP contribution in [0, 0.1) is 13.8 Å². The van der Waals surface area contributed by atoms with Crippen LogP contribution >= 0.6 is 11.8 Å². The second kappa shape index (κ2) is 6.67. The average Bonchev–Trinajstić information content (AvgIpc) is 2.75. The van der Waals surface area contributed by atoms with Crippen molar-refractivity contribution >= 4 is 11.8 Å². The van der Waals surface area contributed by atoms with Crippen molar-refractivity contribution in [3.63, 3.8) is 0 Å². The van der Waals surface area contributed by atoms with Crippen LogP contribution in [-0.2, 0) is 13.2 Å². The molecule has 0 aliphatic carbocycles. The number of imidazole rings is 1. The fourth-order valence-electron chi connectivity index (χ4n) is 2.70. The molecule has 3 nitrogen and oxygen atoms in total. The summed E-state index contributed by atoms with van der Waals surface area (Å²) in [7, 11) is 0. The third-order valence-electron chi connectivity index (χ3n) is 3.47. The van der Waals surface area contributed by atoms with Crippen molar-refractivity contribution in [2.45, 2.75) is 63.6 Å². The van der Waals surface area contributed by atoms with Gasteiger partial charge in [-0.05, 0) is 49.9 Å². The van der Waals surface area contributed by atoms with E-state index in [-0.39, 0.29) is 6.61 Å². The number of hydrogen-bond donors (Lipinski definition) is 1. The van der Waals surface area contributed by atoms with Crippen LogP contribution < -0.4 is 0 Å². The Balaban J connectivity index is 2.45. The first-order valence-electron chi connectivity index (χ1n) is 7.42. The molecule has 0 unspecified atom stereocenters. The molecule has 114 valence electrons. The van der Waals surface area contributed by atoms with Gasteiger partial charge in [0.1, 0.15) is 17.5 Å². The topological polar surface area (TPSA) is 38.0 Å². The third kappa shape index (κ3) is 3.50.